The third-order valence-corrected chi connectivity index (χ3v) is 3.99. The zero-order chi connectivity index (χ0) is 20.5. The summed E-state index contributed by atoms with van der Waals surface area (Å²) < 4.78 is 14.9. The molecule has 0 amide bonds. The molecular formula is C24H32O5S. The first kappa shape index (κ1) is 29.2. The number of thioether (sulfide) groups is 1. The number of carbonyl (C=O) groups excluding carboxylic acids is 2. The molecule has 0 aliphatic rings. The Bertz CT molecular complexity index is 653. The van der Waals surface area contributed by atoms with Crippen LogP contribution in [0.2, 0.25) is 0 Å². The smallest absolute Gasteiger partial charge is 0.330 e. The summed E-state index contributed by atoms with van der Waals surface area (Å²) in [6.07, 6.45) is 2.30. The number of para-hydroxylation sites is 1. The average molecular weight is 433 g/mol. The molecule has 164 valence electrons. The lowest BCUT2D eigenvalue weighted by atomic mass is 10.3. The first-order chi connectivity index (χ1) is 13.7. The van der Waals surface area contributed by atoms with Crippen molar-refractivity contribution in [3.63, 3.8) is 0 Å². The van der Waals surface area contributed by atoms with Gasteiger partial charge in [0.2, 0.25) is 0 Å². The Morgan fingerprint density at radius 2 is 1.27 bits per heavy atom. The summed E-state index contributed by atoms with van der Waals surface area (Å²) in [5.41, 5.74) is 0. The molecule has 2 aromatic rings. The normalized spacial score (nSPS) is 8.67. The van der Waals surface area contributed by atoms with Crippen molar-refractivity contribution < 1.29 is 23.8 Å². The van der Waals surface area contributed by atoms with Crippen LogP contribution in [0.1, 0.15) is 14.9 Å². The van der Waals surface area contributed by atoms with E-state index in [0.29, 0.717) is 13.2 Å². The Labute approximate surface area is 184 Å². The van der Waals surface area contributed by atoms with E-state index >= 15 is 0 Å². The highest BCUT2D eigenvalue weighted by atomic mass is 32.2. The molecule has 0 spiro atoms. The molecule has 2 rings (SSSR count). The van der Waals surface area contributed by atoms with Gasteiger partial charge in [0.25, 0.3) is 0 Å². The van der Waals surface area contributed by atoms with Crippen molar-refractivity contribution >= 4 is 23.7 Å². The van der Waals surface area contributed by atoms with Gasteiger partial charge < -0.3 is 14.2 Å². The number of hydrogen-bond acceptors (Lipinski definition) is 6. The second-order valence-electron chi connectivity index (χ2n) is 5.07. The summed E-state index contributed by atoms with van der Waals surface area (Å²) in [6.45, 7) is 7.61. The van der Waals surface area contributed by atoms with Gasteiger partial charge in [-0.3, -0.25) is 0 Å². The zero-order valence-electron chi connectivity index (χ0n) is 15.6. The van der Waals surface area contributed by atoms with Gasteiger partial charge in [0, 0.05) is 22.8 Å². The van der Waals surface area contributed by atoms with Crippen molar-refractivity contribution in [3.8, 4) is 5.75 Å². The Morgan fingerprint density at radius 3 is 1.80 bits per heavy atom. The van der Waals surface area contributed by atoms with Gasteiger partial charge in [-0.05, 0) is 24.3 Å². The molecule has 0 radical (unpaired) electrons. The van der Waals surface area contributed by atoms with E-state index in [-0.39, 0.29) is 27.4 Å². The van der Waals surface area contributed by atoms with E-state index in [4.69, 9.17) is 14.2 Å². The number of esters is 2. The first-order valence-electron chi connectivity index (χ1n) is 8.59. The predicted octanol–water partition coefficient (Wildman–Crippen LogP) is 5.57. The van der Waals surface area contributed by atoms with Gasteiger partial charge in [0.05, 0.1) is 0 Å². The zero-order valence-corrected chi connectivity index (χ0v) is 16.4. The predicted molar refractivity (Wildman–Crippen MR) is 125 cm³/mol. The van der Waals surface area contributed by atoms with E-state index < -0.39 is 5.97 Å². The lowest BCUT2D eigenvalue weighted by Gasteiger charge is -2.05. The maximum Gasteiger partial charge on any atom is 0.330 e. The molecule has 0 aliphatic heterocycles. The third kappa shape index (κ3) is 15.0. The lowest BCUT2D eigenvalue weighted by Crippen LogP contribution is -2.09. The van der Waals surface area contributed by atoms with Gasteiger partial charge in [-0.1, -0.05) is 64.4 Å². The molecule has 0 N–H and O–H groups in total. The van der Waals surface area contributed by atoms with Crippen LogP contribution in [0, 0.1) is 0 Å². The van der Waals surface area contributed by atoms with Gasteiger partial charge in [-0.25, -0.2) is 9.59 Å². The molecule has 0 atom stereocenters. The summed E-state index contributed by atoms with van der Waals surface area (Å²) in [5.74, 6) is 0.742. The maximum atomic E-state index is 10.7. The monoisotopic (exact) mass is 432 g/mol. The molecule has 0 unspecified atom stereocenters. The molecule has 5 nitrogen and oxygen atoms in total. The van der Waals surface area contributed by atoms with Gasteiger partial charge in [-0.2, -0.15) is 0 Å². The van der Waals surface area contributed by atoms with Crippen molar-refractivity contribution in [2.24, 2.45) is 0 Å². The van der Waals surface area contributed by atoms with Crippen molar-refractivity contribution in [2.75, 3.05) is 25.6 Å². The largest absolute Gasteiger partial charge is 0.490 e. The highest BCUT2D eigenvalue weighted by Crippen LogP contribution is 2.16. The van der Waals surface area contributed by atoms with Crippen LogP contribution >= 0.6 is 11.8 Å². The van der Waals surface area contributed by atoms with Gasteiger partial charge in [0.1, 0.15) is 25.6 Å². The SMILES string of the molecule is C.C.C=CC(=O)OCCOc1ccccc1.C=CC(=O)OCCSc1ccccc1. The molecule has 0 heterocycles. The Balaban J connectivity index is 0. The molecule has 6 heteroatoms. The van der Waals surface area contributed by atoms with Gasteiger partial charge in [0.15, 0.2) is 0 Å². The fourth-order valence-electron chi connectivity index (χ4n) is 1.75. The minimum atomic E-state index is -0.429. The van der Waals surface area contributed by atoms with Gasteiger partial charge >= 0.3 is 11.9 Å². The van der Waals surface area contributed by atoms with Crippen LogP contribution < -0.4 is 4.74 Å². The molecule has 0 bridgehead atoms. The topological polar surface area (TPSA) is 61.8 Å². The average Bonchev–Trinajstić information content (AvgIpc) is 2.76. The van der Waals surface area contributed by atoms with Crippen LogP contribution in [0.15, 0.2) is 90.9 Å². The standard InChI is InChI=1S/C11H12O3.C11H12O2S.2CH4/c1-2-11(12)14-9-8-13-10-6-4-3-5-7-10;1-2-11(12)13-8-9-14-10-6-4-3-5-7-10;;/h2*2-7H,1,8-9H2;2*1H4. The molecular weight excluding hydrogens is 400 g/mol. The maximum absolute atomic E-state index is 10.7. The molecule has 0 aliphatic carbocycles. The summed E-state index contributed by atoms with van der Waals surface area (Å²) in [7, 11) is 0. The van der Waals surface area contributed by atoms with Crippen LogP contribution in [0.5, 0.6) is 5.75 Å². The summed E-state index contributed by atoms with van der Waals surface area (Å²) in [6, 6.07) is 19.4. The van der Waals surface area contributed by atoms with Crippen LogP contribution in [0.3, 0.4) is 0 Å². The highest BCUT2D eigenvalue weighted by Gasteiger charge is 1.96. The van der Waals surface area contributed by atoms with E-state index in [2.05, 4.69) is 13.2 Å². The molecule has 0 aromatic heterocycles. The van der Waals surface area contributed by atoms with Crippen LogP contribution in [-0.2, 0) is 19.1 Å². The fraction of sp³-hybridized carbons (Fsp3) is 0.250. The van der Waals surface area contributed by atoms with Crippen LogP contribution in [0.25, 0.3) is 0 Å². The van der Waals surface area contributed by atoms with E-state index in [0.717, 1.165) is 17.6 Å². The van der Waals surface area contributed by atoms with Gasteiger partial charge in [-0.15, -0.1) is 11.8 Å². The second-order valence-corrected chi connectivity index (χ2v) is 6.23. The van der Waals surface area contributed by atoms with Crippen LogP contribution in [-0.4, -0.2) is 37.5 Å². The second kappa shape index (κ2) is 19.3. The Morgan fingerprint density at radius 1 is 0.767 bits per heavy atom. The number of hydrogen-bond donors (Lipinski definition) is 0. The van der Waals surface area contributed by atoms with Crippen molar-refractivity contribution in [2.45, 2.75) is 19.7 Å². The van der Waals surface area contributed by atoms with E-state index in [1.54, 1.807) is 11.8 Å². The number of benzene rings is 2. The quantitative estimate of drug-likeness (QED) is 0.212. The fourth-order valence-corrected chi connectivity index (χ4v) is 2.51. The minimum Gasteiger partial charge on any atom is -0.490 e. The van der Waals surface area contributed by atoms with Crippen molar-refractivity contribution in [3.05, 3.63) is 86.0 Å². The lowest BCUT2D eigenvalue weighted by molar-refractivity contribution is -0.138. The Kier molecular flexibility index (Phi) is 18.8. The van der Waals surface area contributed by atoms with E-state index in [9.17, 15) is 9.59 Å². The number of ether oxygens (including phenoxy) is 3. The highest BCUT2D eigenvalue weighted by molar-refractivity contribution is 7.99. The summed E-state index contributed by atoms with van der Waals surface area (Å²) >= 11 is 1.66. The van der Waals surface area contributed by atoms with Crippen molar-refractivity contribution in [1.82, 2.24) is 0 Å². The molecule has 0 saturated heterocycles. The molecule has 2 aromatic carbocycles. The first-order valence-corrected chi connectivity index (χ1v) is 9.58. The summed E-state index contributed by atoms with van der Waals surface area (Å²) in [4.78, 5) is 22.5. The van der Waals surface area contributed by atoms with E-state index in [1.807, 2.05) is 60.7 Å². The van der Waals surface area contributed by atoms with Crippen molar-refractivity contribution in [1.29, 1.82) is 0 Å². The minimum absolute atomic E-state index is 0. The number of rotatable bonds is 10. The summed E-state index contributed by atoms with van der Waals surface area (Å²) in [5, 5.41) is 0. The third-order valence-electron chi connectivity index (χ3n) is 3.01. The Hall–Kier alpha value is -2.99. The molecule has 0 saturated carbocycles. The van der Waals surface area contributed by atoms with Crippen LogP contribution in [0.4, 0.5) is 0 Å². The molecule has 0 fully saturated rings. The van der Waals surface area contributed by atoms with E-state index in [1.165, 1.54) is 11.0 Å². The molecule has 30 heavy (non-hydrogen) atoms. The number of carbonyl (C=O) groups is 2.